The second-order valence-electron chi connectivity index (χ2n) is 16.2. The van der Waals surface area contributed by atoms with Crippen molar-refractivity contribution < 1.29 is 60.7 Å². The SMILES string of the molecule is [Pt].[Pt].[c-]1c(Oc2[c-]c(-c3[c-]c(Oc4[c-]c(-[n+]5[c-]n(-c6ccccc6N6CCCC6)c6ccccc65)cnc4)ccn3)ncc2)cncc1-[n+]1[c-]n(-c2ccccc2N2CCCC2)c2ccccc21. The van der Waals surface area contributed by atoms with Crippen molar-refractivity contribution in [3.05, 3.63) is 183 Å². The van der Waals surface area contributed by atoms with Gasteiger partial charge in [0.1, 0.15) is 0 Å². The van der Waals surface area contributed by atoms with Crippen LogP contribution in [0.15, 0.2) is 146 Å². The van der Waals surface area contributed by atoms with E-state index >= 15 is 0 Å². The molecule has 2 aliphatic heterocycles. The maximum Gasteiger partial charge on any atom is 0.268 e. The van der Waals surface area contributed by atoms with Crippen LogP contribution in [0.3, 0.4) is 0 Å². The van der Waals surface area contributed by atoms with Gasteiger partial charge in [-0.25, -0.2) is 0 Å². The van der Waals surface area contributed by atoms with Crippen LogP contribution in [0.2, 0.25) is 0 Å². The van der Waals surface area contributed by atoms with Crippen LogP contribution in [0.25, 0.3) is 56.2 Å². The summed E-state index contributed by atoms with van der Waals surface area (Å²) in [5.41, 5.74) is 10.7. The molecule has 342 valence electrons. The number of hydrogen-bond donors (Lipinski definition) is 0. The van der Waals surface area contributed by atoms with Crippen molar-refractivity contribution in [3.63, 3.8) is 0 Å². The number of nitrogens with zero attached hydrogens (tertiary/aromatic N) is 10. The zero-order valence-electron chi connectivity index (χ0n) is 36.4. The van der Waals surface area contributed by atoms with Gasteiger partial charge in [-0.1, -0.05) is 85.2 Å². The van der Waals surface area contributed by atoms with E-state index in [2.05, 4.69) is 149 Å². The van der Waals surface area contributed by atoms with Crippen molar-refractivity contribution in [3.8, 4) is 57.1 Å². The molecule has 6 aromatic heterocycles. The first-order chi connectivity index (χ1) is 32.7. The first kappa shape index (κ1) is 44.8. The van der Waals surface area contributed by atoms with Crippen molar-refractivity contribution in [1.29, 1.82) is 0 Å². The van der Waals surface area contributed by atoms with E-state index in [0.717, 1.165) is 59.6 Å². The molecule has 68 heavy (non-hydrogen) atoms. The molecule has 0 unspecified atom stereocenters. The minimum atomic E-state index is 0. The Hall–Kier alpha value is -7.00. The Kier molecular flexibility index (Phi) is 13.0. The molecule has 8 heterocycles. The van der Waals surface area contributed by atoms with Crippen LogP contribution in [-0.4, -0.2) is 55.2 Å². The molecule has 0 amide bonds. The molecular formula is C54H40N10O2Pt2-4. The Balaban J connectivity index is 0.00000269. The van der Waals surface area contributed by atoms with Gasteiger partial charge in [-0.3, -0.25) is 9.13 Å². The van der Waals surface area contributed by atoms with Crippen LogP contribution < -0.4 is 28.4 Å². The zero-order chi connectivity index (χ0) is 43.8. The number of pyridine rings is 4. The molecule has 4 aromatic carbocycles. The summed E-state index contributed by atoms with van der Waals surface area (Å²) in [6, 6.07) is 50.3. The van der Waals surface area contributed by atoms with Crippen LogP contribution in [0, 0.1) is 36.9 Å². The molecule has 0 N–H and O–H groups in total. The van der Waals surface area contributed by atoms with Crippen molar-refractivity contribution in [2.45, 2.75) is 25.7 Å². The van der Waals surface area contributed by atoms with E-state index in [9.17, 15) is 0 Å². The van der Waals surface area contributed by atoms with Gasteiger partial charge in [-0.2, -0.15) is 12.1 Å². The van der Waals surface area contributed by atoms with E-state index in [1.165, 1.54) is 37.1 Å². The van der Waals surface area contributed by atoms with Gasteiger partial charge in [0.25, 0.3) is 12.7 Å². The Morgan fingerprint density at radius 2 is 0.824 bits per heavy atom. The molecular weight excluding hydrogens is 1210 g/mol. The molecule has 0 aliphatic carbocycles. The van der Waals surface area contributed by atoms with E-state index in [0.29, 0.717) is 45.8 Å². The third-order valence-electron chi connectivity index (χ3n) is 12.0. The molecule has 14 heteroatoms. The molecule has 0 saturated carbocycles. The molecule has 2 fully saturated rings. The number of imidazole rings is 2. The van der Waals surface area contributed by atoms with E-state index in [1.807, 2.05) is 33.4 Å². The summed E-state index contributed by atoms with van der Waals surface area (Å²) >= 11 is 0. The molecule has 0 atom stereocenters. The summed E-state index contributed by atoms with van der Waals surface area (Å²) in [4.78, 5) is 23.1. The van der Waals surface area contributed by atoms with Crippen molar-refractivity contribution in [2.24, 2.45) is 0 Å². The number of hydrogen-bond acceptors (Lipinski definition) is 8. The Morgan fingerprint density at radius 1 is 0.426 bits per heavy atom. The largest absolute Gasteiger partial charge is 0.509 e. The van der Waals surface area contributed by atoms with Gasteiger partial charge in [0.05, 0.1) is 33.4 Å². The number of anilines is 2. The number of benzene rings is 4. The van der Waals surface area contributed by atoms with Gasteiger partial charge in [0.2, 0.25) is 0 Å². The first-order valence-corrected chi connectivity index (χ1v) is 22.2. The van der Waals surface area contributed by atoms with Gasteiger partial charge in [-0.15, -0.1) is 35.7 Å². The Morgan fingerprint density at radius 3 is 1.26 bits per heavy atom. The normalized spacial score (nSPS) is 13.4. The van der Waals surface area contributed by atoms with Crippen molar-refractivity contribution >= 4 is 33.4 Å². The van der Waals surface area contributed by atoms with Crippen LogP contribution in [0.1, 0.15) is 25.7 Å². The summed E-state index contributed by atoms with van der Waals surface area (Å²) in [6.45, 7) is 4.17. The van der Waals surface area contributed by atoms with Crippen molar-refractivity contribution in [1.82, 2.24) is 29.1 Å². The third kappa shape index (κ3) is 8.70. The van der Waals surface area contributed by atoms with Gasteiger partial charge in [-0.05, 0) is 86.1 Å². The summed E-state index contributed by atoms with van der Waals surface area (Å²) in [5.74, 6) is 1.63. The number of fused-ring (bicyclic) bond motifs is 2. The molecule has 12 nitrogen and oxygen atoms in total. The fourth-order valence-electron chi connectivity index (χ4n) is 8.99. The van der Waals surface area contributed by atoms with Gasteiger partial charge < -0.3 is 48.3 Å². The number of aromatic nitrogens is 8. The van der Waals surface area contributed by atoms with Crippen LogP contribution in [0.4, 0.5) is 11.4 Å². The second-order valence-corrected chi connectivity index (χ2v) is 16.2. The van der Waals surface area contributed by atoms with Gasteiger partial charge in [0.15, 0.2) is 0 Å². The molecule has 0 bridgehead atoms. The van der Waals surface area contributed by atoms with E-state index < -0.39 is 0 Å². The Bertz CT molecular complexity index is 3170. The Labute approximate surface area is 422 Å². The first-order valence-electron chi connectivity index (χ1n) is 22.2. The van der Waals surface area contributed by atoms with Gasteiger partial charge >= 0.3 is 0 Å². The molecule has 2 saturated heterocycles. The average Bonchev–Trinajstić information content (AvgIpc) is 4.22. The predicted octanol–water partition coefficient (Wildman–Crippen LogP) is 8.96. The van der Waals surface area contributed by atoms with Crippen molar-refractivity contribution in [2.75, 3.05) is 36.0 Å². The minimum absolute atomic E-state index is 0. The number of para-hydroxylation sites is 8. The monoisotopic (exact) mass is 1250 g/mol. The third-order valence-corrected chi connectivity index (χ3v) is 12.0. The quantitative estimate of drug-likeness (QED) is 0.0937. The predicted molar refractivity (Wildman–Crippen MR) is 249 cm³/mol. The summed E-state index contributed by atoms with van der Waals surface area (Å²) in [6.07, 6.45) is 22.0. The summed E-state index contributed by atoms with van der Waals surface area (Å²) in [5, 5.41) is 0. The smallest absolute Gasteiger partial charge is 0.268 e. The minimum Gasteiger partial charge on any atom is -0.509 e. The summed E-state index contributed by atoms with van der Waals surface area (Å²) in [7, 11) is 0. The van der Waals surface area contributed by atoms with Crippen LogP contribution in [-0.2, 0) is 42.1 Å². The molecule has 10 aromatic rings. The summed E-state index contributed by atoms with van der Waals surface area (Å²) < 4.78 is 20.8. The topological polar surface area (TPSA) is 94.1 Å². The van der Waals surface area contributed by atoms with E-state index in [-0.39, 0.29) is 42.1 Å². The maximum absolute atomic E-state index is 6.32. The fourth-order valence-corrected chi connectivity index (χ4v) is 8.99. The molecule has 0 spiro atoms. The van der Waals surface area contributed by atoms with Gasteiger partial charge in [0, 0.05) is 103 Å². The second kappa shape index (κ2) is 19.7. The molecule has 2 aliphatic rings. The van der Waals surface area contributed by atoms with Crippen LogP contribution in [0.5, 0.6) is 23.0 Å². The zero-order valence-corrected chi connectivity index (χ0v) is 41.0. The average molecular weight is 1250 g/mol. The fraction of sp³-hybridized carbons (Fsp3) is 0.148. The van der Waals surface area contributed by atoms with E-state index in [4.69, 9.17) is 9.47 Å². The molecule has 12 rings (SSSR count). The number of rotatable bonds is 11. The van der Waals surface area contributed by atoms with Crippen LogP contribution >= 0.6 is 0 Å². The standard InChI is InChI=1S/C54H40N10O2.2Pt/c1-3-15-49(47(13-1)59-25-9-10-26-59)63-37-61(51-17-5-7-19-53(51)63)39-29-43(35-55-33-39)65-41-21-23-57-45(31-41)46-32-42(22-24-58-46)66-44-30-40(34-56-36-44)62-38-64(54-20-8-6-18-52(54)62)50-16-4-2-14-48(50)60-27-11-12-28-60;;/h1-8,13-24,33-36H,9-12,25-28H2;;/q-4;;. The molecule has 0 radical (unpaired) electrons. The van der Waals surface area contributed by atoms with E-state index in [1.54, 1.807) is 49.3 Å². The maximum atomic E-state index is 6.32. The number of ether oxygens (including phenoxy) is 2.